The molecule has 0 aliphatic rings. The summed E-state index contributed by atoms with van der Waals surface area (Å²) in [6.45, 7) is -0.00803. The number of benzene rings is 4. The molecule has 10 heteroatoms. The molecule has 4 aromatic carbocycles. The van der Waals surface area contributed by atoms with Crippen molar-refractivity contribution in [2.45, 2.75) is 18.8 Å². The number of methoxy groups -OCH3 is 1. The maximum atomic E-state index is 13.1. The van der Waals surface area contributed by atoms with Gasteiger partial charge in [0.05, 0.1) is 5.56 Å². The molecule has 4 aromatic rings. The monoisotopic (exact) mass is 575 g/mol. The first-order chi connectivity index (χ1) is 20.2. The van der Waals surface area contributed by atoms with Crippen LogP contribution in [0.4, 0.5) is 18.9 Å². The fourth-order valence-electron chi connectivity index (χ4n) is 4.25. The second kappa shape index (κ2) is 13.6. The molecule has 0 aliphatic carbocycles. The summed E-state index contributed by atoms with van der Waals surface area (Å²) in [5.74, 6) is -1.26. The molecule has 0 bridgehead atoms. The number of carbonyl (C=O) groups is 3. The fourth-order valence-corrected chi connectivity index (χ4v) is 4.25. The molecule has 42 heavy (non-hydrogen) atoms. The van der Waals surface area contributed by atoms with Crippen molar-refractivity contribution in [2.24, 2.45) is 0 Å². The number of hydrogen-bond acceptors (Lipinski definition) is 4. The van der Waals surface area contributed by atoms with E-state index in [1.807, 2.05) is 6.07 Å². The maximum Gasteiger partial charge on any atom is 0.416 e. The van der Waals surface area contributed by atoms with Crippen LogP contribution >= 0.6 is 0 Å². The molecule has 0 heterocycles. The normalized spacial score (nSPS) is 11.8. The van der Waals surface area contributed by atoms with Gasteiger partial charge in [-0.3, -0.25) is 14.4 Å². The predicted octanol–water partition coefficient (Wildman–Crippen LogP) is 5.74. The molecule has 0 fully saturated rings. The van der Waals surface area contributed by atoms with Gasteiger partial charge in [0.25, 0.3) is 5.91 Å². The van der Waals surface area contributed by atoms with E-state index in [4.69, 9.17) is 4.74 Å². The molecule has 7 nitrogen and oxygen atoms in total. The van der Waals surface area contributed by atoms with E-state index in [0.29, 0.717) is 27.9 Å². The Morgan fingerprint density at radius 3 is 2.10 bits per heavy atom. The number of nitrogens with one attached hydrogen (secondary N) is 3. The van der Waals surface area contributed by atoms with Crippen molar-refractivity contribution in [3.8, 4) is 11.1 Å². The highest BCUT2D eigenvalue weighted by atomic mass is 19.4. The Kier molecular flexibility index (Phi) is 9.72. The summed E-state index contributed by atoms with van der Waals surface area (Å²) in [4.78, 5) is 38.1. The second-order valence-electron chi connectivity index (χ2n) is 9.33. The molecular weight excluding hydrogens is 547 g/mol. The molecule has 0 saturated heterocycles. The van der Waals surface area contributed by atoms with Crippen molar-refractivity contribution in [3.63, 3.8) is 0 Å². The second-order valence-corrected chi connectivity index (χ2v) is 9.33. The smallest absolute Gasteiger partial charge is 0.375 e. The first kappa shape index (κ1) is 30.0. The Labute approximate surface area is 240 Å². The van der Waals surface area contributed by atoms with Crippen LogP contribution in [0.2, 0.25) is 0 Å². The molecule has 0 unspecified atom stereocenters. The first-order valence-electron chi connectivity index (χ1n) is 12.9. The van der Waals surface area contributed by atoms with E-state index < -0.39 is 35.5 Å². The van der Waals surface area contributed by atoms with Crippen molar-refractivity contribution in [2.75, 3.05) is 19.0 Å². The van der Waals surface area contributed by atoms with E-state index in [-0.39, 0.29) is 13.2 Å². The predicted molar refractivity (Wildman–Crippen MR) is 152 cm³/mol. The standard InChI is InChI=1S/C32H28F3N3O4/c1-42-20-28(39)38-29(23-7-3-2-4-8-23)31(41)36-19-21-11-17-25(18-12-21)37-30(40)27-10-6-5-9-26(27)22-13-15-24(16-14-22)32(33,34)35/h2-18,29H,19-20H2,1H3,(H,36,41)(H,37,40)(H,38,39)/t29-/m0/s1. The number of anilines is 1. The Bertz CT molecular complexity index is 1520. The highest BCUT2D eigenvalue weighted by Crippen LogP contribution is 2.32. The molecule has 1 atom stereocenters. The minimum atomic E-state index is -4.45. The minimum absolute atomic E-state index is 0.174. The van der Waals surface area contributed by atoms with Crippen molar-refractivity contribution in [1.82, 2.24) is 10.6 Å². The number of halogens is 3. The van der Waals surface area contributed by atoms with Crippen molar-refractivity contribution >= 4 is 23.4 Å². The highest BCUT2D eigenvalue weighted by molar-refractivity contribution is 6.08. The van der Waals surface area contributed by atoms with Crippen LogP contribution in [0.25, 0.3) is 11.1 Å². The third-order valence-electron chi connectivity index (χ3n) is 6.35. The fraction of sp³-hybridized carbons (Fsp3) is 0.156. The van der Waals surface area contributed by atoms with Gasteiger partial charge in [-0.25, -0.2) is 0 Å². The SMILES string of the molecule is COCC(=O)N[C@H](C(=O)NCc1ccc(NC(=O)c2ccccc2-c2ccc(C(F)(F)F)cc2)cc1)c1ccccc1. The number of rotatable bonds is 10. The van der Waals surface area contributed by atoms with Crippen molar-refractivity contribution in [1.29, 1.82) is 0 Å². The summed E-state index contributed by atoms with van der Waals surface area (Å²) >= 11 is 0. The molecule has 4 rings (SSSR count). The van der Waals surface area contributed by atoms with E-state index in [1.54, 1.807) is 72.8 Å². The van der Waals surface area contributed by atoms with Gasteiger partial charge in [0.1, 0.15) is 12.6 Å². The number of ether oxygens (including phenoxy) is 1. The first-order valence-corrected chi connectivity index (χ1v) is 12.9. The summed E-state index contributed by atoms with van der Waals surface area (Å²) in [6, 6.07) is 26.0. The van der Waals surface area contributed by atoms with Crippen molar-refractivity contribution in [3.05, 3.63) is 125 Å². The Morgan fingerprint density at radius 2 is 1.45 bits per heavy atom. The van der Waals surface area contributed by atoms with Crippen LogP contribution in [-0.2, 0) is 27.0 Å². The molecule has 216 valence electrons. The summed E-state index contributed by atoms with van der Waals surface area (Å²) in [6.07, 6.45) is -4.45. The summed E-state index contributed by atoms with van der Waals surface area (Å²) in [7, 11) is 1.39. The Hall–Kier alpha value is -4.96. The lowest BCUT2D eigenvalue weighted by molar-refractivity contribution is -0.137. The lowest BCUT2D eigenvalue weighted by Gasteiger charge is -2.19. The van der Waals surface area contributed by atoms with Crippen LogP contribution in [0.15, 0.2) is 103 Å². The number of amides is 3. The van der Waals surface area contributed by atoms with Crippen LogP contribution < -0.4 is 16.0 Å². The average molecular weight is 576 g/mol. The van der Waals surface area contributed by atoms with Gasteiger partial charge in [0.15, 0.2) is 0 Å². The molecule has 3 amide bonds. The van der Waals surface area contributed by atoms with Crippen LogP contribution in [0.1, 0.15) is 33.1 Å². The summed E-state index contributed by atoms with van der Waals surface area (Å²) in [5.41, 5.74) is 2.37. The Balaban J connectivity index is 1.40. The molecular formula is C32H28F3N3O4. The lowest BCUT2D eigenvalue weighted by atomic mass is 9.98. The van der Waals surface area contributed by atoms with Gasteiger partial charge in [-0.15, -0.1) is 0 Å². The zero-order valence-corrected chi connectivity index (χ0v) is 22.6. The zero-order valence-electron chi connectivity index (χ0n) is 22.6. The summed E-state index contributed by atoms with van der Waals surface area (Å²) in [5, 5.41) is 8.29. The minimum Gasteiger partial charge on any atom is -0.375 e. The van der Waals surface area contributed by atoms with E-state index in [2.05, 4.69) is 16.0 Å². The third kappa shape index (κ3) is 7.82. The van der Waals surface area contributed by atoms with E-state index >= 15 is 0 Å². The van der Waals surface area contributed by atoms with Crippen LogP contribution in [0.5, 0.6) is 0 Å². The highest BCUT2D eigenvalue weighted by Gasteiger charge is 2.30. The van der Waals surface area contributed by atoms with E-state index in [0.717, 1.165) is 17.7 Å². The third-order valence-corrected chi connectivity index (χ3v) is 6.35. The van der Waals surface area contributed by atoms with Crippen LogP contribution in [-0.4, -0.2) is 31.4 Å². The molecule has 0 aliphatic heterocycles. The van der Waals surface area contributed by atoms with E-state index in [1.165, 1.54) is 19.2 Å². The van der Waals surface area contributed by atoms with Crippen LogP contribution in [0.3, 0.4) is 0 Å². The molecule has 3 N–H and O–H groups in total. The van der Waals surface area contributed by atoms with Gasteiger partial charge in [0, 0.05) is 24.9 Å². The van der Waals surface area contributed by atoms with Gasteiger partial charge in [0.2, 0.25) is 11.8 Å². The van der Waals surface area contributed by atoms with Gasteiger partial charge in [-0.1, -0.05) is 72.8 Å². The van der Waals surface area contributed by atoms with E-state index in [9.17, 15) is 27.6 Å². The summed E-state index contributed by atoms with van der Waals surface area (Å²) < 4.78 is 43.7. The number of hydrogen-bond donors (Lipinski definition) is 3. The molecule has 0 aromatic heterocycles. The lowest BCUT2D eigenvalue weighted by Crippen LogP contribution is -2.41. The van der Waals surface area contributed by atoms with Gasteiger partial charge in [-0.05, 0) is 52.6 Å². The largest absolute Gasteiger partial charge is 0.416 e. The average Bonchev–Trinajstić information content (AvgIpc) is 2.99. The quantitative estimate of drug-likeness (QED) is 0.225. The maximum absolute atomic E-state index is 13.1. The molecule has 0 radical (unpaired) electrons. The number of alkyl halides is 3. The topological polar surface area (TPSA) is 96.5 Å². The van der Waals surface area contributed by atoms with Crippen LogP contribution in [0, 0.1) is 0 Å². The number of carbonyl (C=O) groups excluding carboxylic acids is 3. The zero-order chi connectivity index (χ0) is 30.1. The molecule has 0 spiro atoms. The van der Waals surface area contributed by atoms with Gasteiger partial charge in [-0.2, -0.15) is 13.2 Å². The van der Waals surface area contributed by atoms with Crippen molar-refractivity contribution < 1.29 is 32.3 Å². The molecule has 0 saturated carbocycles. The Morgan fingerprint density at radius 1 is 0.810 bits per heavy atom. The van der Waals surface area contributed by atoms with Gasteiger partial charge < -0.3 is 20.7 Å². The van der Waals surface area contributed by atoms with Gasteiger partial charge >= 0.3 is 6.18 Å².